The summed E-state index contributed by atoms with van der Waals surface area (Å²) in [6, 6.07) is 2.72. The molecule has 0 radical (unpaired) electrons. The van der Waals surface area contributed by atoms with Crippen molar-refractivity contribution in [3.05, 3.63) is 30.1 Å². The van der Waals surface area contributed by atoms with Crippen molar-refractivity contribution < 1.29 is 9.90 Å². The van der Waals surface area contributed by atoms with E-state index in [4.69, 9.17) is 10.8 Å². The molecule has 1 aromatic heterocycles. The molecule has 1 aromatic rings. The van der Waals surface area contributed by atoms with Crippen molar-refractivity contribution in [2.75, 3.05) is 0 Å². The Balaban J connectivity index is 0. The van der Waals surface area contributed by atoms with Gasteiger partial charge >= 0.3 is 5.97 Å². The Bertz CT molecular complexity index is 269. The van der Waals surface area contributed by atoms with Crippen molar-refractivity contribution in [2.45, 2.75) is 12.5 Å². The Kier molecular flexibility index (Phi) is 8.43. The van der Waals surface area contributed by atoms with Crippen molar-refractivity contribution in [3.63, 3.8) is 0 Å². The number of nitrogens with two attached hydrogens (primary N) is 1. The van der Waals surface area contributed by atoms with Gasteiger partial charge in [0.2, 0.25) is 0 Å². The summed E-state index contributed by atoms with van der Waals surface area (Å²) in [4.78, 5) is 14.2. The molecule has 1 unspecified atom stereocenters. The fourth-order valence-corrected chi connectivity index (χ4v) is 0.860. The van der Waals surface area contributed by atoms with Crippen molar-refractivity contribution in [3.8, 4) is 0 Å². The number of carboxylic acid groups (broad SMARTS) is 1. The zero-order chi connectivity index (χ0) is 8.97. The Morgan fingerprint density at radius 2 is 2.21 bits per heavy atom. The summed E-state index contributed by atoms with van der Waals surface area (Å²) in [5.74, 6) is -0.987. The third-order valence-corrected chi connectivity index (χ3v) is 1.50. The van der Waals surface area contributed by atoms with E-state index in [0.29, 0.717) is 6.42 Å². The maximum atomic E-state index is 10.4. The van der Waals surface area contributed by atoms with Gasteiger partial charge in [0.1, 0.15) is 6.04 Å². The van der Waals surface area contributed by atoms with Gasteiger partial charge in [-0.25, -0.2) is 0 Å². The third kappa shape index (κ3) is 5.01. The smallest absolute Gasteiger partial charge is 0.320 e. The summed E-state index contributed by atoms with van der Waals surface area (Å²) in [5.41, 5.74) is 6.16. The maximum absolute atomic E-state index is 10.4. The Hall–Kier alpha value is -0.840. The van der Waals surface area contributed by atoms with E-state index in [0.717, 1.165) is 5.56 Å². The Morgan fingerprint density at radius 1 is 1.57 bits per heavy atom. The highest BCUT2D eigenvalue weighted by Crippen LogP contribution is 1.99. The minimum atomic E-state index is -0.987. The lowest BCUT2D eigenvalue weighted by atomic mass is 10.1. The van der Waals surface area contributed by atoms with Crippen LogP contribution in [0.25, 0.3) is 0 Å². The molecule has 14 heavy (non-hydrogen) atoms. The molecule has 0 saturated carbocycles. The lowest BCUT2D eigenvalue weighted by molar-refractivity contribution is -0.138. The molecule has 0 aromatic carbocycles. The highest BCUT2D eigenvalue weighted by molar-refractivity contribution is 5.85. The number of hydrogen-bond donors (Lipinski definition) is 2. The molecular weight excluding hydrogens is 227 g/mol. The summed E-state index contributed by atoms with van der Waals surface area (Å²) in [7, 11) is 0. The van der Waals surface area contributed by atoms with Gasteiger partial charge in [0, 0.05) is 12.4 Å². The van der Waals surface area contributed by atoms with Gasteiger partial charge in [0.25, 0.3) is 0 Å². The standard InChI is InChI=1S/C8H10N2O2.2ClH/c9-7(8(11)12)4-6-2-1-3-10-5-6;;/h1-3,5,7H,4,9H2,(H,11,12);2*1H. The third-order valence-electron chi connectivity index (χ3n) is 1.50. The molecule has 0 bridgehead atoms. The molecular formula is C8H12Cl2N2O2. The predicted octanol–water partition coefficient (Wildman–Crippen LogP) is 0.880. The molecule has 0 aliphatic carbocycles. The van der Waals surface area contributed by atoms with Crippen LogP contribution in [-0.2, 0) is 11.2 Å². The predicted molar refractivity (Wildman–Crippen MR) is 58.0 cm³/mol. The van der Waals surface area contributed by atoms with E-state index in [9.17, 15) is 4.79 Å². The second kappa shape index (κ2) is 7.55. The molecule has 80 valence electrons. The van der Waals surface area contributed by atoms with E-state index in [1.807, 2.05) is 0 Å². The van der Waals surface area contributed by atoms with Gasteiger partial charge in [-0.3, -0.25) is 9.78 Å². The SMILES string of the molecule is Cl.Cl.NC(Cc1cccnc1)C(=O)O. The first-order valence-corrected chi connectivity index (χ1v) is 3.57. The highest BCUT2D eigenvalue weighted by Gasteiger charge is 2.11. The number of aromatic nitrogens is 1. The average Bonchev–Trinajstić information content (AvgIpc) is 2.06. The molecule has 1 atom stereocenters. The summed E-state index contributed by atoms with van der Waals surface area (Å²) in [6.45, 7) is 0. The second-order valence-corrected chi connectivity index (χ2v) is 2.51. The van der Waals surface area contributed by atoms with Crippen molar-refractivity contribution >= 4 is 30.8 Å². The van der Waals surface area contributed by atoms with Gasteiger partial charge in [0.15, 0.2) is 0 Å². The topological polar surface area (TPSA) is 76.2 Å². The monoisotopic (exact) mass is 238 g/mol. The van der Waals surface area contributed by atoms with Crippen LogP contribution in [0.5, 0.6) is 0 Å². The minimum absolute atomic E-state index is 0. The highest BCUT2D eigenvalue weighted by atomic mass is 35.5. The van der Waals surface area contributed by atoms with Crippen molar-refractivity contribution in [2.24, 2.45) is 5.73 Å². The van der Waals surface area contributed by atoms with E-state index in [-0.39, 0.29) is 24.8 Å². The second-order valence-electron chi connectivity index (χ2n) is 2.51. The summed E-state index contributed by atoms with van der Waals surface area (Å²) in [6.07, 6.45) is 3.57. The number of aliphatic carboxylic acids is 1. The largest absolute Gasteiger partial charge is 0.480 e. The molecule has 0 aliphatic rings. The van der Waals surface area contributed by atoms with Crippen LogP contribution in [0.3, 0.4) is 0 Å². The van der Waals surface area contributed by atoms with Crippen molar-refractivity contribution in [1.29, 1.82) is 0 Å². The Morgan fingerprint density at radius 3 is 2.64 bits per heavy atom. The average molecular weight is 239 g/mol. The molecule has 4 nitrogen and oxygen atoms in total. The molecule has 3 N–H and O–H groups in total. The molecule has 0 amide bonds. The minimum Gasteiger partial charge on any atom is -0.480 e. The van der Waals surface area contributed by atoms with Gasteiger partial charge in [-0.15, -0.1) is 24.8 Å². The van der Waals surface area contributed by atoms with E-state index >= 15 is 0 Å². The van der Waals surface area contributed by atoms with Gasteiger partial charge in [0.05, 0.1) is 0 Å². The van der Waals surface area contributed by atoms with Crippen LogP contribution in [0.15, 0.2) is 24.5 Å². The number of rotatable bonds is 3. The number of hydrogen-bond acceptors (Lipinski definition) is 3. The fraction of sp³-hybridized carbons (Fsp3) is 0.250. The first-order valence-electron chi connectivity index (χ1n) is 3.57. The van der Waals surface area contributed by atoms with Crippen molar-refractivity contribution in [1.82, 2.24) is 4.98 Å². The van der Waals surface area contributed by atoms with Crippen LogP contribution in [-0.4, -0.2) is 22.1 Å². The zero-order valence-corrected chi connectivity index (χ0v) is 8.92. The maximum Gasteiger partial charge on any atom is 0.320 e. The van der Waals surface area contributed by atoms with Gasteiger partial charge in [-0.1, -0.05) is 6.07 Å². The molecule has 0 saturated heterocycles. The normalized spacial score (nSPS) is 10.6. The molecule has 1 rings (SSSR count). The van der Waals surface area contributed by atoms with Gasteiger partial charge in [-0.2, -0.15) is 0 Å². The summed E-state index contributed by atoms with van der Waals surface area (Å²) >= 11 is 0. The quantitative estimate of drug-likeness (QED) is 0.820. The number of pyridine rings is 1. The molecule has 0 fully saturated rings. The van der Waals surface area contributed by atoms with Gasteiger partial charge < -0.3 is 10.8 Å². The first-order chi connectivity index (χ1) is 5.70. The van der Waals surface area contributed by atoms with E-state index < -0.39 is 12.0 Å². The number of carbonyl (C=O) groups is 1. The van der Waals surface area contributed by atoms with E-state index in [2.05, 4.69) is 4.98 Å². The van der Waals surface area contributed by atoms with Crippen LogP contribution in [0.2, 0.25) is 0 Å². The van der Waals surface area contributed by atoms with Crippen LogP contribution >= 0.6 is 24.8 Å². The number of halogens is 2. The Labute approximate surface area is 94.3 Å². The van der Waals surface area contributed by atoms with Crippen LogP contribution in [0.1, 0.15) is 5.56 Å². The molecule has 0 aliphatic heterocycles. The van der Waals surface area contributed by atoms with E-state index in [1.165, 1.54) is 0 Å². The summed E-state index contributed by atoms with van der Waals surface area (Å²) < 4.78 is 0. The molecule has 0 spiro atoms. The summed E-state index contributed by atoms with van der Waals surface area (Å²) in [5, 5.41) is 8.50. The van der Waals surface area contributed by atoms with Crippen LogP contribution in [0.4, 0.5) is 0 Å². The van der Waals surface area contributed by atoms with Crippen LogP contribution < -0.4 is 5.73 Å². The van der Waals surface area contributed by atoms with E-state index in [1.54, 1.807) is 24.5 Å². The lowest BCUT2D eigenvalue weighted by Gasteiger charge is -2.04. The van der Waals surface area contributed by atoms with Gasteiger partial charge in [-0.05, 0) is 18.1 Å². The zero-order valence-electron chi connectivity index (χ0n) is 7.29. The molecule has 6 heteroatoms. The lowest BCUT2D eigenvalue weighted by Crippen LogP contribution is -2.32. The number of carboxylic acids is 1. The first kappa shape index (κ1) is 15.6. The fourth-order valence-electron chi connectivity index (χ4n) is 0.860. The van der Waals surface area contributed by atoms with Crippen LogP contribution in [0, 0.1) is 0 Å². The molecule has 1 heterocycles. The number of nitrogens with zero attached hydrogens (tertiary/aromatic N) is 1.